The average molecular weight is 128 g/mol. The summed E-state index contributed by atoms with van der Waals surface area (Å²) in [5.74, 6) is 0. The van der Waals surface area contributed by atoms with E-state index in [0.29, 0.717) is 6.54 Å². The van der Waals surface area contributed by atoms with Crippen molar-refractivity contribution < 1.29 is 10.3 Å². The lowest BCUT2D eigenvalue weighted by atomic mass is 10.8. The third kappa shape index (κ3) is 6.17. The van der Waals surface area contributed by atoms with Crippen molar-refractivity contribution in [3.8, 4) is 0 Å². The number of aliphatic hydroxyl groups excluding tert-OH is 1. The third-order valence-corrected chi connectivity index (χ3v) is 0.528. The predicted octanol–water partition coefficient (Wildman–Crippen LogP) is 0.0691. The minimum Gasteiger partial charge on any atom is -0.379 e. The fraction of sp³-hybridized carbons (Fsp3) is 1.00. The van der Waals surface area contributed by atoms with Gasteiger partial charge in [0.25, 0.3) is 0 Å². The molecule has 0 bridgehead atoms. The smallest absolute Gasteiger partial charge is 0.118 e. The van der Waals surface area contributed by atoms with Crippen LogP contribution < -0.4 is 0 Å². The first-order valence-electron chi connectivity index (χ1n) is 1.86. The fourth-order valence-corrected chi connectivity index (χ4v) is 0.1000. The Hall–Kier alpha value is 0.170. The summed E-state index contributed by atoms with van der Waals surface area (Å²) in [4.78, 5) is 0. The predicted molar refractivity (Wildman–Crippen MR) is 28.5 cm³/mol. The number of hydrogen-bond donors (Lipinski definition) is 2. The van der Waals surface area contributed by atoms with Crippen LogP contribution in [0.25, 0.3) is 0 Å². The monoisotopic (exact) mass is 127 g/mol. The molecule has 7 heavy (non-hydrogen) atoms. The van der Waals surface area contributed by atoms with E-state index in [1.165, 1.54) is 0 Å². The Morgan fingerprint density at radius 1 is 1.57 bits per heavy atom. The van der Waals surface area contributed by atoms with Gasteiger partial charge in [-0.1, -0.05) is 0 Å². The van der Waals surface area contributed by atoms with Crippen LogP contribution in [-0.4, -0.2) is 28.7 Å². The summed E-state index contributed by atoms with van der Waals surface area (Å²) in [5, 5.41) is 17.1. The minimum absolute atomic E-state index is 0. The number of halogens is 1. The molecule has 0 aliphatic carbocycles. The maximum Gasteiger partial charge on any atom is 0.118 e. The second-order valence-electron chi connectivity index (χ2n) is 0.964. The molecule has 0 aliphatic heterocycles. The standard InChI is InChI=1S/C3H9NO2.ClH/c1-2-4(6)3-5;/h5-6H,2-3H2,1H3;1H. The number of nitrogens with zero attached hydrogens (tertiary/aromatic N) is 1. The Balaban J connectivity index is 0. The van der Waals surface area contributed by atoms with Crippen LogP contribution in [0.5, 0.6) is 0 Å². The summed E-state index contributed by atoms with van der Waals surface area (Å²) < 4.78 is 0. The Kier molecular flexibility index (Phi) is 9.00. The van der Waals surface area contributed by atoms with E-state index in [9.17, 15) is 0 Å². The highest BCUT2D eigenvalue weighted by Gasteiger charge is 1.85. The van der Waals surface area contributed by atoms with E-state index in [0.717, 1.165) is 5.06 Å². The van der Waals surface area contributed by atoms with Gasteiger partial charge in [0, 0.05) is 6.54 Å². The number of aliphatic hydroxyl groups is 1. The number of rotatable bonds is 2. The molecule has 0 saturated heterocycles. The highest BCUT2D eigenvalue weighted by molar-refractivity contribution is 5.85. The second-order valence-corrected chi connectivity index (χ2v) is 0.964. The van der Waals surface area contributed by atoms with Gasteiger partial charge in [-0.25, -0.2) is 0 Å². The van der Waals surface area contributed by atoms with Gasteiger partial charge in [-0.15, -0.1) is 12.4 Å². The van der Waals surface area contributed by atoms with Gasteiger partial charge in [-0.2, -0.15) is 5.06 Å². The van der Waals surface area contributed by atoms with Crippen molar-refractivity contribution in [3.63, 3.8) is 0 Å². The third-order valence-electron chi connectivity index (χ3n) is 0.528. The lowest BCUT2D eigenvalue weighted by Gasteiger charge is -2.03. The van der Waals surface area contributed by atoms with Crippen LogP contribution in [0.4, 0.5) is 0 Å². The van der Waals surface area contributed by atoms with Gasteiger partial charge < -0.3 is 10.3 Å². The molecule has 0 aliphatic rings. The minimum atomic E-state index is -0.281. The van der Waals surface area contributed by atoms with Crippen LogP contribution in [-0.2, 0) is 0 Å². The Bertz CT molecular complexity index is 32.1. The largest absolute Gasteiger partial charge is 0.379 e. The van der Waals surface area contributed by atoms with E-state index < -0.39 is 0 Å². The quantitative estimate of drug-likeness (QED) is 0.408. The summed E-state index contributed by atoms with van der Waals surface area (Å²) in [7, 11) is 0. The van der Waals surface area contributed by atoms with Crippen LogP contribution in [0.3, 0.4) is 0 Å². The summed E-state index contributed by atoms with van der Waals surface area (Å²) >= 11 is 0. The molecule has 4 heteroatoms. The molecular formula is C3H10ClNO2. The van der Waals surface area contributed by atoms with Crippen LogP contribution in [0, 0.1) is 0 Å². The number of hydroxylamine groups is 2. The fourth-order valence-electron chi connectivity index (χ4n) is 0.1000. The molecule has 2 N–H and O–H groups in total. The molecule has 0 aromatic heterocycles. The molecule has 0 radical (unpaired) electrons. The molecule has 3 nitrogen and oxygen atoms in total. The van der Waals surface area contributed by atoms with E-state index in [2.05, 4.69) is 0 Å². The van der Waals surface area contributed by atoms with Gasteiger partial charge in [0.15, 0.2) is 0 Å². The lowest BCUT2D eigenvalue weighted by Crippen LogP contribution is -2.18. The number of hydrogen-bond acceptors (Lipinski definition) is 3. The summed E-state index contributed by atoms with van der Waals surface area (Å²) in [6.45, 7) is 1.93. The first kappa shape index (κ1) is 10.2. The Morgan fingerprint density at radius 2 is 2.00 bits per heavy atom. The maximum absolute atomic E-state index is 8.25. The first-order valence-corrected chi connectivity index (χ1v) is 1.86. The van der Waals surface area contributed by atoms with Gasteiger partial charge in [0.1, 0.15) is 6.73 Å². The van der Waals surface area contributed by atoms with Crippen molar-refractivity contribution >= 4 is 12.4 Å². The first-order chi connectivity index (χ1) is 2.81. The lowest BCUT2D eigenvalue weighted by molar-refractivity contribution is -0.138. The van der Waals surface area contributed by atoms with E-state index in [-0.39, 0.29) is 19.1 Å². The maximum atomic E-state index is 8.25. The summed E-state index contributed by atoms with van der Waals surface area (Å²) in [6.07, 6.45) is 0. The SMILES string of the molecule is CCN(O)CO.Cl. The highest BCUT2D eigenvalue weighted by Crippen LogP contribution is 1.70. The van der Waals surface area contributed by atoms with Crippen LogP contribution in [0.1, 0.15) is 6.92 Å². The zero-order chi connectivity index (χ0) is 4.99. The molecule has 0 unspecified atom stereocenters. The normalized spacial score (nSPS) is 8.57. The van der Waals surface area contributed by atoms with Crippen molar-refractivity contribution in [2.75, 3.05) is 13.3 Å². The highest BCUT2D eigenvalue weighted by atomic mass is 35.5. The van der Waals surface area contributed by atoms with Gasteiger partial charge in [-0.05, 0) is 6.92 Å². The van der Waals surface area contributed by atoms with Gasteiger partial charge >= 0.3 is 0 Å². The van der Waals surface area contributed by atoms with Crippen molar-refractivity contribution in [2.24, 2.45) is 0 Å². The second kappa shape index (κ2) is 6.17. The molecule has 0 fully saturated rings. The van der Waals surface area contributed by atoms with Crippen LogP contribution >= 0.6 is 12.4 Å². The zero-order valence-electron chi connectivity index (χ0n) is 4.16. The summed E-state index contributed by atoms with van der Waals surface area (Å²) in [5.41, 5.74) is 0. The molecule has 0 spiro atoms. The van der Waals surface area contributed by atoms with Gasteiger partial charge in [-0.3, -0.25) is 0 Å². The molecule has 0 heterocycles. The molecule has 0 aromatic rings. The zero-order valence-corrected chi connectivity index (χ0v) is 4.98. The molecule has 46 valence electrons. The molecule has 0 saturated carbocycles. The van der Waals surface area contributed by atoms with Gasteiger partial charge in [0.05, 0.1) is 0 Å². The molecule has 0 atom stereocenters. The Morgan fingerprint density at radius 3 is 2.00 bits per heavy atom. The van der Waals surface area contributed by atoms with Crippen molar-refractivity contribution in [3.05, 3.63) is 0 Å². The van der Waals surface area contributed by atoms with Gasteiger partial charge in [0.2, 0.25) is 0 Å². The van der Waals surface area contributed by atoms with E-state index in [4.69, 9.17) is 10.3 Å². The molecule has 0 rings (SSSR count). The molecule has 0 aromatic carbocycles. The average Bonchev–Trinajstić information content (AvgIpc) is 1.65. The van der Waals surface area contributed by atoms with E-state index in [1.807, 2.05) is 0 Å². The summed E-state index contributed by atoms with van der Waals surface area (Å²) in [6, 6.07) is 0. The molecular weight excluding hydrogens is 117 g/mol. The van der Waals surface area contributed by atoms with E-state index in [1.54, 1.807) is 6.92 Å². The van der Waals surface area contributed by atoms with Crippen molar-refractivity contribution in [1.29, 1.82) is 0 Å². The van der Waals surface area contributed by atoms with Crippen LogP contribution in [0.15, 0.2) is 0 Å². The molecule has 0 amide bonds. The van der Waals surface area contributed by atoms with Crippen molar-refractivity contribution in [2.45, 2.75) is 6.92 Å². The van der Waals surface area contributed by atoms with Crippen molar-refractivity contribution in [1.82, 2.24) is 5.06 Å². The van der Waals surface area contributed by atoms with Crippen LogP contribution in [0.2, 0.25) is 0 Å². The topological polar surface area (TPSA) is 43.7 Å². The van der Waals surface area contributed by atoms with E-state index >= 15 is 0 Å². The Labute approximate surface area is 48.9 Å².